The van der Waals surface area contributed by atoms with Gasteiger partial charge >= 0.3 is 0 Å². The van der Waals surface area contributed by atoms with Crippen LogP contribution in [0.5, 0.6) is 0 Å². The molecule has 21 heavy (non-hydrogen) atoms. The van der Waals surface area contributed by atoms with E-state index in [1.165, 1.54) is 5.56 Å². The molecule has 0 bridgehead atoms. The molecule has 104 valence electrons. The number of fused-ring (bicyclic) bond motifs is 3. The van der Waals surface area contributed by atoms with Gasteiger partial charge in [-0.3, -0.25) is 14.5 Å². The number of furan rings is 1. The minimum atomic E-state index is 0.368. The lowest BCUT2D eigenvalue weighted by Gasteiger charge is -2.07. The van der Waals surface area contributed by atoms with Crippen LogP contribution in [0.3, 0.4) is 0 Å². The summed E-state index contributed by atoms with van der Waals surface area (Å²) in [5.74, 6) is 1.22. The largest absolute Gasteiger partial charge is 0.458 e. The molecule has 5 nitrogen and oxygen atoms in total. The van der Waals surface area contributed by atoms with Crippen LogP contribution >= 0.6 is 0 Å². The van der Waals surface area contributed by atoms with Gasteiger partial charge in [0.1, 0.15) is 5.76 Å². The Morgan fingerprint density at radius 1 is 1.33 bits per heavy atom. The van der Waals surface area contributed by atoms with Gasteiger partial charge in [0.05, 0.1) is 17.9 Å². The fourth-order valence-corrected chi connectivity index (χ4v) is 2.75. The van der Waals surface area contributed by atoms with Gasteiger partial charge in [-0.2, -0.15) is 5.10 Å². The van der Waals surface area contributed by atoms with Gasteiger partial charge in [-0.15, -0.1) is 0 Å². The van der Waals surface area contributed by atoms with E-state index < -0.39 is 0 Å². The number of aldehydes is 1. The first-order valence-electron chi connectivity index (χ1n) is 6.88. The first kappa shape index (κ1) is 12.1. The normalized spacial score (nSPS) is 12.8. The molecule has 1 aliphatic rings. The second-order valence-electron chi connectivity index (χ2n) is 5.13. The highest BCUT2D eigenvalue weighted by molar-refractivity contribution is 5.77. The van der Waals surface area contributed by atoms with E-state index in [1.807, 2.05) is 22.9 Å². The van der Waals surface area contributed by atoms with Crippen LogP contribution in [0.4, 0.5) is 0 Å². The molecule has 5 heteroatoms. The van der Waals surface area contributed by atoms with Crippen molar-refractivity contribution in [1.82, 2.24) is 14.8 Å². The highest BCUT2D eigenvalue weighted by Gasteiger charge is 2.23. The average Bonchev–Trinajstić information content (AvgIpc) is 3.10. The van der Waals surface area contributed by atoms with Crippen LogP contribution in [0.25, 0.3) is 11.3 Å². The summed E-state index contributed by atoms with van der Waals surface area (Å²) in [4.78, 5) is 15.2. The summed E-state index contributed by atoms with van der Waals surface area (Å²) in [5, 5.41) is 4.64. The van der Waals surface area contributed by atoms with Crippen molar-refractivity contribution in [3.63, 3.8) is 0 Å². The highest BCUT2D eigenvalue weighted by Crippen LogP contribution is 2.34. The van der Waals surface area contributed by atoms with E-state index in [0.29, 0.717) is 12.3 Å². The zero-order valence-corrected chi connectivity index (χ0v) is 11.3. The summed E-state index contributed by atoms with van der Waals surface area (Å²) in [7, 11) is 0. The number of aromatic nitrogens is 3. The number of aryl methyl sites for hydroxylation is 2. The maximum Gasteiger partial charge on any atom is 0.185 e. The first-order valence-corrected chi connectivity index (χ1v) is 6.88. The lowest BCUT2D eigenvalue weighted by Crippen LogP contribution is -2.02. The molecule has 0 atom stereocenters. The van der Waals surface area contributed by atoms with Crippen LogP contribution in [0.1, 0.15) is 27.6 Å². The van der Waals surface area contributed by atoms with Crippen molar-refractivity contribution in [2.75, 3.05) is 0 Å². The SMILES string of the molecule is O=Cc1cc2c(o1)CCc1cn(Cc3ccccn3)nc1-2. The van der Waals surface area contributed by atoms with Gasteiger partial charge < -0.3 is 4.42 Å². The van der Waals surface area contributed by atoms with Crippen LogP contribution in [0.15, 0.2) is 41.1 Å². The fraction of sp³-hybridized carbons (Fsp3) is 0.188. The molecule has 0 spiro atoms. The Morgan fingerprint density at radius 3 is 3.10 bits per heavy atom. The monoisotopic (exact) mass is 279 g/mol. The summed E-state index contributed by atoms with van der Waals surface area (Å²) in [6.45, 7) is 0.640. The molecule has 0 aromatic carbocycles. The fourth-order valence-electron chi connectivity index (χ4n) is 2.75. The molecular weight excluding hydrogens is 266 g/mol. The van der Waals surface area contributed by atoms with Crippen molar-refractivity contribution < 1.29 is 9.21 Å². The topological polar surface area (TPSA) is 60.9 Å². The summed E-state index contributed by atoms with van der Waals surface area (Å²) in [6.07, 6.45) is 6.27. The van der Waals surface area contributed by atoms with Crippen LogP contribution in [-0.2, 0) is 19.4 Å². The van der Waals surface area contributed by atoms with E-state index in [0.717, 1.165) is 41.8 Å². The molecule has 0 fully saturated rings. The second kappa shape index (κ2) is 4.70. The Kier molecular flexibility index (Phi) is 2.70. The molecule has 4 rings (SSSR count). The minimum absolute atomic E-state index is 0.368. The van der Waals surface area contributed by atoms with Crippen molar-refractivity contribution in [3.05, 3.63) is 59.4 Å². The molecule has 1 aliphatic carbocycles. The number of rotatable bonds is 3. The Labute approximate surface area is 121 Å². The molecule has 3 aromatic heterocycles. The Morgan fingerprint density at radius 2 is 2.29 bits per heavy atom. The van der Waals surface area contributed by atoms with Crippen molar-refractivity contribution in [1.29, 1.82) is 0 Å². The van der Waals surface area contributed by atoms with E-state index in [1.54, 1.807) is 12.3 Å². The summed E-state index contributed by atoms with van der Waals surface area (Å²) in [6, 6.07) is 7.62. The van der Waals surface area contributed by atoms with Gasteiger partial charge in [-0.1, -0.05) is 6.07 Å². The Hall–Kier alpha value is -2.69. The Balaban J connectivity index is 1.71. The molecule has 0 N–H and O–H groups in total. The van der Waals surface area contributed by atoms with Crippen molar-refractivity contribution in [3.8, 4) is 11.3 Å². The van der Waals surface area contributed by atoms with Crippen LogP contribution in [0.2, 0.25) is 0 Å². The molecule has 0 radical (unpaired) electrons. The van der Waals surface area contributed by atoms with Gasteiger partial charge in [0, 0.05) is 24.4 Å². The predicted molar refractivity (Wildman–Crippen MR) is 76.1 cm³/mol. The Bertz CT molecular complexity index is 802. The van der Waals surface area contributed by atoms with Crippen molar-refractivity contribution in [2.24, 2.45) is 0 Å². The molecule has 3 aromatic rings. The van der Waals surface area contributed by atoms with E-state index >= 15 is 0 Å². The van der Waals surface area contributed by atoms with Crippen LogP contribution < -0.4 is 0 Å². The van der Waals surface area contributed by atoms with Crippen LogP contribution in [-0.4, -0.2) is 21.1 Å². The molecule has 0 amide bonds. The van der Waals surface area contributed by atoms with Crippen molar-refractivity contribution in [2.45, 2.75) is 19.4 Å². The lowest BCUT2D eigenvalue weighted by molar-refractivity contribution is 0.109. The highest BCUT2D eigenvalue weighted by atomic mass is 16.3. The molecule has 0 saturated carbocycles. The van der Waals surface area contributed by atoms with Gasteiger partial charge in [-0.05, 0) is 30.2 Å². The quantitative estimate of drug-likeness (QED) is 0.691. The minimum Gasteiger partial charge on any atom is -0.458 e. The number of carbonyl (C=O) groups excluding carboxylic acids is 1. The average molecular weight is 279 g/mol. The summed E-state index contributed by atoms with van der Waals surface area (Å²) >= 11 is 0. The first-order chi connectivity index (χ1) is 10.3. The van der Waals surface area contributed by atoms with E-state index in [2.05, 4.69) is 16.3 Å². The number of hydrogen-bond acceptors (Lipinski definition) is 4. The van der Waals surface area contributed by atoms with E-state index in [4.69, 9.17) is 4.42 Å². The van der Waals surface area contributed by atoms with Crippen LogP contribution in [0, 0.1) is 0 Å². The number of nitrogens with zero attached hydrogens (tertiary/aromatic N) is 3. The van der Waals surface area contributed by atoms with Gasteiger partial charge in [0.2, 0.25) is 0 Å². The maximum absolute atomic E-state index is 10.9. The van der Waals surface area contributed by atoms with Gasteiger partial charge in [0.25, 0.3) is 0 Å². The smallest absolute Gasteiger partial charge is 0.185 e. The van der Waals surface area contributed by atoms with Crippen molar-refractivity contribution >= 4 is 6.29 Å². The number of hydrogen-bond donors (Lipinski definition) is 0. The second-order valence-corrected chi connectivity index (χ2v) is 5.13. The lowest BCUT2D eigenvalue weighted by atomic mass is 9.97. The van der Waals surface area contributed by atoms with Gasteiger partial charge in [-0.25, -0.2) is 0 Å². The van der Waals surface area contributed by atoms with E-state index in [9.17, 15) is 4.79 Å². The molecule has 0 aliphatic heterocycles. The predicted octanol–water partition coefficient (Wildman–Crippen LogP) is 2.50. The standard InChI is InChI=1S/C16H13N3O2/c20-10-13-7-14-15(21-13)5-4-11-8-19(18-16(11)14)9-12-3-1-2-6-17-12/h1-3,6-8,10H,4-5,9H2. The third-order valence-corrected chi connectivity index (χ3v) is 3.71. The third kappa shape index (κ3) is 2.07. The molecular formula is C16H13N3O2. The summed E-state index contributed by atoms with van der Waals surface area (Å²) in [5.41, 5.74) is 4.03. The zero-order chi connectivity index (χ0) is 14.2. The van der Waals surface area contributed by atoms with E-state index in [-0.39, 0.29) is 0 Å². The maximum atomic E-state index is 10.9. The number of carbonyl (C=O) groups is 1. The molecule has 0 unspecified atom stereocenters. The molecule has 0 saturated heterocycles. The number of pyridine rings is 1. The molecule has 3 heterocycles. The summed E-state index contributed by atoms with van der Waals surface area (Å²) < 4.78 is 7.41. The third-order valence-electron chi connectivity index (χ3n) is 3.71. The van der Waals surface area contributed by atoms with Gasteiger partial charge in [0.15, 0.2) is 12.0 Å². The zero-order valence-electron chi connectivity index (χ0n) is 11.3.